The van der Waals surface area contributed by atoms with Crippen LogP contribution in [0.25, 0.3) is 18.5 Å². The van der Waals surface area contributed by atoms with Crippen molar-refractivity contribution in [1.82, 2.24) is 0 Å². The Hall–Kier alpha value is 1.22. The molecule has 0 aromatic rings. The topological polar surface area (TPSA) is 100 Å². The summed E-state index contributed by atoms with van der Waals surface area (Å²) in [6, 6.07) is 0. The van der Waals surface area contributed by atoms with E-state index in [2.05, 4.69) is 0 Å². The molecule has 4 heavy (non-hydrogen) atoms. The fourth-order valence-electron chi connectivity index (χ4n) is 0. The largest absolute Gasteiger partial charge is 3.00 e. The third-order valence-corrected chi connectivity index (χ3v) is 0. The molecule has 0 aliphatic rings. The Balaban J connectivity index is 0. The van der Waals surface area contributed by atoms with Gasteiger partial charge in [0.2, 0.25) is 0 Å². The van der Waals surface area contributed by atoms with Crippen molar-refractivity contribution in [3.63, 3.8) is 0 Å². The van der Waals surface area contributed by atoms with Gasteiger partial charge in [-0.3, -0.25) is 0 Å². The zero-order valence-electron chi connectivity index (χ0n) is 2.14. The smallest absolute Gasteiger partial charge is 0.693 e. The van der Waals surface area contributed by atoms with E-state index in [0.717, 1.165) is 0 Å². The van der Waals surface area contributed by atoms with Crippen LogP contribution in [0.15, 0.2) is 0 Å². The third-order valence-electron chi connectivity index (χ3n) is 0. The van der Waals surface area contributed by atoms with Crippen molar-refractivity contribution >= 4 is 0 Å². The van der Waals surface area contributed by atoms with Crippen LogP contribution < -0.4 is 0 Å². The Kier molecular flexibility index (Phi) is 461. The van der Waals surface area contributed by atoms with Gasteiger partial charge in [0.15, 0.2) is 0 Å². The van der Waals surface area contributed by atoms with Crippen molar-refractivity contribution in [1.29, 1.82) is 0 Å². The van der Waals surface area contributed by atoms with Crippen LogP contribution in [0.1, 0.15) is 0 Å². The molecule has 0 atom stereocenters. The molecule has 1 radical (unpaired) electrons. The zero-order chi connectivity index (χ0) is 0. The average Bonchev–Trinajstić information content (AvgIpc) is 0. The van der Waals surface area contributed by atoms with E-state index in [-0.39, 0.29) is 58.8 Å². The van der Waals surface area contributed by atoms with Crippen molar-refractivity contribution < 1.29 is 40.4 Å². The minimum absolute atomic E-state index is 0. The molecule has 0 rings (SSSR count). The first-order chi connectivity index (χ1) is 0. The molecule has 4 heteroatoms. The summed E-state index contributed by atoms with van der Waals surface area (Å²) in [4.78, 5) is 0. The van der Waals surface area contributed by atoms with Crippen LogP contribution >= 0.6 is 0 Å². The normalized spacial score (nSPS) is 0. The molecule has 0 aliphatic carbocycles. The molecular formula is H6N3Sm. The predicted octanol–water partition coefficient (Wildman–Crippen LogP) is 2.15. The quantitative estimate of drug-likeness (QED) is 0.569. The molecule has 0 saturated carbocycles. The number of hydrogen-bond acceptors (Lipinski definition) is 0. The van der Waals surface area contributed by atoms with Gasteiger partial charge in [0.25, 0.3) is 0 Å². The first-order valence-electron chi connectivity index (χ1n) is 0. The summed E-state index contributed by atoms with van der Waals surface area (Å²) in [6.45, 7) is 0. The molecule has 0 amide bonds. The Morgan fingerprint density at radius 3 is 0.500 bits per heavy atom. The molecule has 0 heterocycles. The van der Waals surface area contributed by atoms with Crippen molar-refractivity contribution in [3.05, 3.63) is 18.5 Å². The van der Waals surface area contributed by atoms with E-state index in [1.807, 2.05) is 0 Å². The van der Waals surface area contributed by atoms with E-state index in [9.17, 15) is 0 Å². The van der Waals surface area contributed by atoms with E-state index < -0.39 is 0 Å². The molecular weight excluding hydrogens is 192 g/mol. The fourth-order valence-corrected chi connectivity index (χ4v) is 0. The molecule has 0 aromatic carbocycles. The Labute approximate surface area is 58.4 Å². The maximum Gasteiger partial charge on any atom is 3.00 e. The summed E-state index contributed by atoms with van der Waals surface area (Å²) < 4.78 is 0. The van der Waals surface area contributed by atoms with Gasteiger partial charge in [0.1, 0.15) is 0 Å². The van der Waals surface area contributed by atoms with E-state index in [1.54, 1.807) is 0 Å². The first-order valence-corrected chi connectivity index (χ1v) is 0. The summed E-state index contributed by atoms with van der Waals surface area (Å²) >= 11 is 0. The van der Waals surface area contributed by atoms with Gasteiger partial charge in [-0.25, -0.2) is 0 Å². The molecule has 0 aliphatic heterocycles. The number of rotatable bonds is 0. The summed E-state index contributed by atoms with van der Waals surface area (Å²) in [5.74, 6) is 0. The van der Waals surface area contributed by atoms with E-state index in [1.165, 1.54) is 0 Å². The summed E-state index contributed by atoms with van der Waals surface area (Å²) in [5.41, 5.74) is 0. The molecule has 0 fully saturated rings. The minimum Gasteiger partial charge on any atom is -0.693 e. The van der Waals surface area contributed by atoms with Crippen LogP contribution in [0.4, 0.5) is 0 Å². The van der Waals surface area contributed by atoms with Gasteiger partial charge in [-0.1, -0.05) is 0 Å². The average molecular weight is 198 g/mol. The molecule has 0 spiro atoms. The van der Waals surface area contributed by atoms with Gasteiger partial charge in [-0.2, -0.15) is 0 Å². The molecule has 3 nitrogen and oxygen atoms in total. The summed E-state index contributed by atoms with van der Waals surface area (Å²) in [7, 11) is 0. The Morgan fingerprint density at radius 1 is 0.500 bits per heavy atom. The van der Waals surface area contributed by atoms with E-state index >= 15 is 0 Å². The second-order valence-corrected chi connectivity index (χ2v) is 0. The van der Waals surface area contributed by atoms with Crippen molar-refractivity contribution in [2.75, 3.05) is 0 Å². The fraction of sp³-hybridized carbons (Fsp3) is 0. The third kappa shape index (κ3) is 10.7. The van der Waals surface area contributed by atoms with Gasteiger partial charge in [0.05, 0.1) is 0 Å². The van der Waals surface area contributed by atoms with Gasteiger partial charge < -0.3 is 18.5 Å². The van der Waals surface area contributed by atoms with Gasteiger partial charge >= 0.3 is 40.4 Å². The van der Waals surface area contributed by atoms with Crippen molar-refractivity contribution in [2.45, 2.75) is 0 Å². The molecule has 0 bridgehead atoms. The molecule has 0 unspecified atom stereocenters. The first kappa shape index (κ1) is 62.6. The molecule has 0 saturated heterocycles. The van der Waals surface area contributed by atoms with E-state index in [0.29, 0.717) is 0 Å². The maximum atomic E-state index is 0. The zero-order valence-corrected chi connectivity index (χ0v) is 4.76. The molecule has 0 aromatic heterocycles. The summed E-state index contributed by atoms with van der Waals surface area (Å²) in [5, 5.41) is 0. The van der Waals surface area contributed by atoms with Crippen LogP contribution in [0.2, 0.25) is 0 Å². The van der Waals surface area contributed by atoms with Crippen LogP contribution in [0, 0.1) is 40.4 Å². The monoisotopic (exact) mass is 200 g/mol. The molecule has 6 N–H and O–H groups in total. The Bertz CT molecular complexity index is 3.25. The van der Waals surface area contributed by atoms with E-state index in [4.69, 9.17) is 0 Å². The minimum atomic E-state index is 0. The second kappa shape index (κ2) is 29.5. The number of hydrogen-bond donors (Lipinski definition) is 0. The predicted molar refractivity (Wildman–Crippen MR) is 15.9 cm³/mol. The van der Waals surface area contributed by atoms with Gasteiger partial charge in [-0.15, -0.1) is 0 Å². The van der Waals surface area contributed by atoms with Gasteiger partial charge in [0, 0.05) is 0 Å². The molecule has 27 valence electrons. The summed E-state index contributed by atoms with van der Waals surface area (Å²) in [6.07, 6.45) is 0. The van der Waals surface area contributed by atoms with Gasteiger partial charge in [-0.05, 0) is 0 Å². The van der Waals surface area contributed by atoms with Crippen molar-refractivity contribution in [3.8, 4) is 0 Å². The SMILES string of the molecule is [NH2-].[NH2-].[NH2-].[Sm+3]. The van der Waals surface area contributed by atoms with Crippen molar-refractivity contribution in [2.24, 2.45) is 0 Å². The second-order valence-electron chi connectivity index (χ2n) is 0. The Morgan fingerprint density at radius 2 is 0.500 bits per heavy atom. The maximum absolute atomic E-state index is 0. The number of nitrogens with two attached hydrogens (primary N) is 3. The van der Waals surface area contributed by atoms with Crippen LogP contribution in [0.5, 0.6) is 0 Å². The van der Waals surface area contributed by atoms with Crippen LogP contribution in [0.3, 0.4) is 0 Å². The van der Waals surface area contributed by atoms with Crippen LogP contribution in [-0.2, 0) is 0 Å². The van der Waals surface area contributed by atoms with Crippen LogP contribution in [-0.4, -0.2) is 0 Å². The standard InChI is InChI=1S/3H2N.Sm/h3*1H2;/q3*-1;+3.